The molecule has 1 aromatic rings. The number of hydrazone groups is 1. The van der Waals surface area contributed by atoms with Crippen LogP contribution in [-0.4, -0.2) is 40.7 Å². The van der Waals surface area contributed by atoms with Crippen molar-refractivity contribution in [2.45, 2.75) is 26.2 Å². The highest BCUT2D eigenvalue weighted by molar-refractivity contribution is 5.94. The molecule has 1 saturated heterocycles. The van der Waals surface area contributed by atoms with Crippen molar-refractivity contribution in [3.05, 3.63) is 29.8 Å². The minimum atomic E-state index is -0.985. The van der Waals surface area contributed by atoms with Gasteiger partial charge in [0.2, 0.25) is 5.91 Å². The highest BCUT2D eigenvalue weighted by Gasteiger charge is 2.18. The fraction of sp³-hybridized carbons (Fsp3) is 0.400. The van der Waals surface area contributed by atoms with Crippen LogP contribution in [0.4, 0.5) is 5.69 Å². The predicted molar refractivity (Wildman–Crippen MR) is 80.6 cm³/mol. The molecule has 0 bridgehead atoms. The summed E-state index contributed by atoms with van der Waals surface area (Å²) in [5.41, 5.74) is 4.45. The number of carbonyl (C=O) groups excluding carboxylic acids is 1. The molecular weight excluding hydrogens is 270 g/mol. The third kappa shape index (κ3) is 3.81. The van der Waals surface area contributed by atoms with E-state index in [0.29, 0.717) is 38.0 Å². The molecule has 0 aliphatic carbocycles. The molecule has 6 nitrogen and oxygen atoms in total. The summed E-state index contributed by atoms with van der Waals surface area (Å²) in [5, 5.41) is 13.4. The lowest BCUT2D eigenvalue weighted by Crippen LogP contribution is -2.38. The van der Waals surface area contributed by atoms with Crippen molar-refractivity contribution in [2.24, 2.45) is 5.10 Å². The van der Waals surface area contributed by atoms with Crippen molar-refractivity contribution >= 4 is 23.3 Å². The number of nitrogens with zero attached hydrogens (tertiary/aromatic N) is 2. The minimum absolute atomic E-state index is 0.165. The van der Waals surface area contributed by atoms with Crippen LogP contribution in [0.15, 0.2) is 29.4 Å². The number of carboxylic acids is 1. The molecule has 1 heterocycles. The van der Waals surface area contributed by atoms with Gasteiger partial charge in [-0.1, -0.05) is 19.1 Å². The maximum atomic E-state index is 11.6. The van der Waals surface area contributed by atoms with Crippen molar-refractivity contribution in [1.29, 1.82) is 0 Å². The Balaban J connectivity index is 1.97. The fourth-order valence-electron chi connectivity index (χ4n) is 2.26. The summed E-state index contributed by atoms with van der Waals surface area (Å²) in [7, 11) is 0. The SMILES string of the molecule is CCC(=O)N1CCC(=NNc2ccccc2C(=O)O)CC1. The molecule has 1 aromatic carbocycles. The van der Waals surface area contributed by atoms with E-state index in [0.717, 1.165) is 5.71 Å². The number of hydrogen-bond acceptors (Lipinski definition) is 4. The summed E-state index contributed by atoms with van der Waals surface area (Å²) in [5.74, 6) is -0.820. The van der Waals surface area contributed by atoms with Crippen LogP contribution in [0, 0.1) is 0 Å². The monoisotopic (exact) mass is 289 g/mol. The second kappa shape index (κ2) is 6.88. The molecule has 2 rings (SSSR count). The number of para-hydroxylation sites is 1. The van der Waals surface area contributed by atoms with Crippen molar-refractivity contribution in [3.8, 4) is 0 Å². The molecule has 0 aromatic heterocycles. The minimum Gasteiger partial charge on any atom is -0.478 e. The number of benzene rings is 1. The van der Waals surface area contributed by atoms with Crippen LogP contribution in [0.1, 0.15) is 36.5 Å². The van der Waals surface area contributed by atoms with Gasteiger partial charge in [0, 0.05) is 38.1 Å². The molecule has 1 fully saturated rings. The molecule has 6 heteroatoms. The number of piperidine rings is 1. The molecule has 0 atom stereocenters. The second-order valence-corrected chi connectivity index (χ2v) is 4.87. The lowest BCUT2D eigenvalue weighted by Gasteiger charge is -2.27. The largest absolute Gasteiger partial charge is 0.478 e. The van der Waals surface area contributed by atoms with E-state index < -0.39 is 5.97 Å². The highest BCUT2D eigenvalue weighted by atomic mass is 16.4. The summed E-state index contributed by atoms with van der Waals surface area (Å²) >= 11 is 0. The Labute approximate surface area is 123 Å². The van der Waals surface area contributed by atoms with E-state index >= 15 is 0 Å². The number of aromatic carboxylic acids is 1. The summed E-state index contributed by atoms with van der Waals surface area (Å²) in [6.07, 6.45) is 1.96. The number of carbonyl (C=O) groups is 2. The van der Waals surface area contributed by atoms with E-state index in [2.05, 4.69) is 10.5 Å². The van der Waals surface area contributed by atoms with Gasteiger partial charge in [-0.05, 0) is 12.1 Å². The third-order valence-electron chi connectivity index (χ3n) is 3.49. The van der Waals surface area contributed by atoms with Gasteiger partial charge >= 0.3 is 5.97 Å². The van der Waals surface area contributed by atoms with Gasteiger partial charge in [0.05, 0.1) is 11.3 Å². The second-order valence-electron chi connectivity index (χ2n) is 4.87. The Kier molecular flexibility index (Phi) is 4.92. The molecular formula is C15H19N3O3. The van der Waals surface area contributed by atoms with Crippen molar-refractivity contribution < 1.29 is 14.7 Å². The molecule has 112 valence electrons. The smallest absolute Gasteiger partial charge is 0.337 e. The van der Waals surface area contributed by atoms with Crippen LogP contribution in [0.2, 0.25) is 0 Å². The Hall–Kier alpha value is -2.37. The Morgan fingerprint density at radius 2 is 1.95 bits per heavy atom. The first-order valence-corrected chi connectivity index (χ1v) is 7.03. The molecule has 1 aliphatic heterocycles. The average molecular weight is 289 g/mol. The van der Waals surface area contributed by atoms with Crippen molar-refractivity contribution in [3.63, 3.8) is 0 Å². The first-order valence-electron chi connectivity index (χ1n) is 7.03. The molecule has 1 amide bonds. The van der Waals surface area contributed by atoms with Crippen LogP contribution >= 0.6 is 0 Å². The molecule has 1 aliphatic rings. The fourth-order valence-corrected chi connectivity index (χ4v) is 2.26. The zero-order chi connectivity index (χ0) is 15.2. The van der Waals surface area contributed by atoms with Gasteiger partial charge in [-0.25, -0.2) is 4.79 Å². The van der Waals surface area contributed by atoms with Gasteiger partial charge in [-0.2, -0.15) is 5.10 Å². The van der Waals surface area contributed by atoms with Crippen molar-refractivity contribution in [2.75, 3.05) is 18.5 Å². The average Bonchev–Trinajstić information content (AvgIpc) is 2.52. The van der Waals surface area contributed by atoms with Gasteiger partial charge < -0.3 is 10.0 Å². The number of hydrogen-bond donors (Lipinski definition) is 2. The maximum Gasteiger partial charge on any atom is 0.337 e. The molecule has 2 N–H and O–H groups in total. The quantitative estimate of drug-likeness (QED) is 0.832. The topological polar surface area (TPSA) is 82.0 Å². The number of anilines is 1. The van der Waals surface area contributed by atoms with Crippen molar-refractivity contribution in [1.82, 2.24) is 4.90 Å². The molecule has 0 spiro atoms. The summed E-state index contributed by atoms with van der Waals surface area (Å²) in [6, 6.07) is 6.66. The maximum absolute atomic E-state index is 11.6. The first kappa shape index (κ1) is 15.0. The predicted octanol–water partition coefficient (Wildman–Crippen LogP) is 2.19. The van der Waals surface area contributed by atoms with E-state index in [1.165, 1.54) is 6.07 Å². The third-order valence-corrected chi connectivity index (χ3v) is 3.49. The van der Waals surface area contributed by atoms with Gasteiger partial charge in [-0.15, -0.1) is 0 Å². The number of carboxylic acid groups (broad SMARTS) is 1. The van der Waals surface area contributed by atoms with E-state index in [1.54, 1.807) is 18.2 Å². The van der Waals surface area contributed by atoms with Gasteiger partial charge in [0.1, 0.15) is 0 Å². The van der Waals surface area contributed by atoms with Crippen LogP contribution in [-0.2, 0) is 4.79 Å². The number of nitrogens with one attached hydrogen (secondary N) is 1. The number of amides is 1. The highest BCUT2D eigenvalue weighted by Crippen LogP contribution is 2.16. The van der Waals surface area contributed by atoms with Crippen LogP contribution in [0.3, 0.4) is 0 Å². The number of likely N-dealkylation sites (tertiary alicyclic amines) is 1. The zero-order valence-electron chi connectivity index (χ0n) is 12.0. The Bertz CT molecular complexity index is 559. The Morgan fingerprint density at radius 1 is 1.29 bits per heavy atom. The van der Waals surface area contributed by atoms with Gasteiger partial charge in [-0.3, -0.25) is 10.2 Å². The van der Waals surface area contributed by atoms with Gasteiger partial charge in [0.15, 0.2) is 0 Å². The number of rotatable bonds is 4. The van der Waals surface area contributed by atoms with E-state index in [1.807, 2.05) is 11.8 Å². The van der Waals surface area contributed by atoms with E-state index in [4.69, 9.17) is 5.11 Å². The molecule has 21 heavy (non-hydrogen) atoms. The van der Waals surface area contributed by atoms with Crippen LogP contribution in [0.25, 0.3) is 0 Å². The molecule has 0 unspecified atom stereocenters. The lowest BCUT2D eigenvalue weighted by atomic mass is 10.1. The summed E-state index contributed by atoms with van der Waals surface area (Å²) in [4.78, 5) is 24.5. The standard InChI is InChI=1S/C15H19N3O3/c1-2-14(19)18-9-7-11(8-10-18)16-17-13-6-4-3-5-12(13)15(20)21/h3-6,17H,2,7-10H2,1H3,(H,20,21). The zero-order valence-corrected chi connectivity index (χ0v) is 12.0. The molecule has 0 radical (unpaired) electrons. The Morgan fingerprint density at radius 3 is 2.57 bits per heavy atom. The summed E-state index contributed by atoms with van der Waals surface area (Å²) < 4.78 is 0. The first-order chi connectivity index (χ1) is 10.1. The van der Waals surface area contributed by atoms with Crippen LogP contribution in [0.5, 0.6) is 0 Å². The normalized spacial score (nSPS) is 14.7. The lowest BCUT2D eigenvalue weighted by molar-refractivity contribution is -0.130. The summed E-state index contributed by atoms with van der Waals surface area (Å²) in [6.45, 7) is 3.21. The van der Waals surface area contributed by atoms with Gasteiger partial charge in [0.25, 0.3) is 0 Å². The molecule has 0 saturated carbocycles. The van der Waals surface area contributed by atoms with E-state index in [9.17, 15) is 9.59 Å². The van der Waals surface area contributed by atoms with Crippen LogP contribution < -0.4 is 5.43 Å². The van der Waals surface area contributed by atoms with E-state index in [-0.39, 0.29) is 11.5 Å².